The standard InChI is InChI=1S/BF3P/c1-5(2,3)4/q+1. The lowest BCUT2D eigenvalue weighted by Crippen LogP contribution is -1.54. The molecule has 0 unspecified atom stereocenters. The van der Waals surface area contributed by atoms with Crippen molar-refractivity contribution < 1.29 is 12.6 Å². The summed E-state index contributed by atoms with van der Waals surface area (Å²) in [5.74, 6) is 0. The molecule has 0 atom stereocenters. The summed E-state index contributed by atoms with van der Waals surface area (Å²) in [4.78, 5) is 0. The van der Waals surface area contributed by atoms with Gasteiger partial charge >= 0.3 is 15.6 Å². The Morgan fingerprint density at radius 1 is 1.20 bits per heavy atom. The molecular weight excluding hydrogens is 98.8 g/mol. The maximum Gasteiger partial charge on any atom is 0.513 e. The maximum atomic E-state index is 10.2. The van der Waals surface area contributed by atoms with Gasteiger partial charge in [0, 0.05) is 0 Å². The van der Waals surface area contributed by atoms with Crippen LogP contribution < -0.4 is 0 Å². The van der Waals surface area contributed by atoms with E-state index in [1.165, 1.54) is 0 Å². The van der Waals surface area contributed by atoms with Crippen molar-refractivity contribution in [2.24, 2.45) is 0 Å². The second-order valence-corrected chi connectivity index (χ2v) is 1.45. The monoisotopic (exact) mass is 99.0 g/mol. The van der Waals surface area contributed by atoms with Gasteiger partial charge in [0.15, 0.2) is 0 Å². The van der Waals surface area contributed by atoms with E-state index in [9.17, 15) is 12.6 Å². The van der Waals surface area contributed by atoms with Crippen LogP contribution in [0.15, 0.2) is 0 Å². The van der Waals surface area contributed by atoms with Crippen molar-refractivity contribution in [3.63, 3.8) is 0 Å². The van der Waals surface area contributed by atoms with E-state index in [1.807, 2.05) is 0 Å². The molecule has 0 aromatic carbocycles. The lowest BCUT2D eigenvalue weighted by molar-refractivity contribution is 0.619. The lowest BCUT2D eigenvalue weighted by atomic mass is 10.8. The number of rotatable bonds is 0. The molecule has 0 spiro atoms. The van der Waals surface area contributed by atoms with Crippen LogP contribution in [-0.4, -0.2) is 7.57 Å². The van der Waals surface area contributed by atoms with Crippen molar-refractivity contribution in [2.75, 3.05) is 0 Å². The fourth-order valence-corrected chi connectivity index (χ4v) is 0. The topological polar surface area (TPSA) is 0 Å². The van der Waals surface area contributed by atoms with Crippen LogP contribution >= 0.6 is 8.07 Å². The molecule has 0 bridgehead atoms. The van der Waals surface area contributed by atoms with Crippen LogP contribution in [-0.2, 0) is 0 Å². The van der Waals surface area contributed by atoms with Crippen LogP contribution in [0, 0.1) is 0 Å². The molecule has 0 saturated carbocycles. The van der Waals surface area contributed by atoms with Gasteiger partial charge in [-0.05, 0) is 12.6 Å². The molecule has 0 aliphatic carbocycles. The third kappa shape index (κ3) is 276. The number of hydrogen-bond donors (Lipinski definition) is 0. The first-order valence-electron chi connectivity index (χ1n) is 0.765. The van der Waals surface area contributed by atoms with Crippen LogP contribution in [0.5, 0.6) is 0 Å². The summed E-state index contributed by atoms with van der Waals surface area (Å²) in [5, 5.41) is 0. The molecule has 0 aromatic rings. The molecule has 5 heteroatoms. The molecular formula is BF3P+. The van der Waals surface area contributed by atoms with E-state index in [4.69, 9.17) is 0 Å². The molecule has 0 saturated heterocycles. The van der Waals surface area contributed by atoms with Crippen LogP contribution in [0.3, 0.4) is 0 Å². The first-order chi connectivity index (χ1) is 2.00. The zero-order chi connectivity index (χ0) is 4.50. The average Bonchev–Trinajstić information content (AvgIpc) is 0.722. The summed E-state index contributed by atoms with van der Waals surface area (Å²) in [5.41, 5.74) is 0. The molecule has 0 heterocycles. The van der Waals surface area contributed by atoms with Gasteiger partial charge < -0.3 is 0 Å². The Kier molecular flexibility index (Phi) is 1.24. The van der Waals surface area contributed by atoms with Crippen LogP contribution in [0.2, 0.25) is 0 Å². The van der Waals surface area contributed by atoms with Crippen molar-refractivity contribution in [2.45, 2.75) is 0 Å². The average molecular weight is 98.8 g/mol. The molecule has 0 nitrogen and oxygen atoms in total. The molecule has 0 rings (SSSR count). The van der Waals surface area contributed by atoms with E-state index in [2.05, 4.69) is 7.57 Å². The van der Waals surface area contributed by atoms with Crippen molar-refractivity contribution in [1.82, 2.24) is 0 Å². The van der Waals surface area contributed by atoms with E-state index in [0.29, 0.717) is 0 Å². The van der Waals surface area contributed by atoms with E-state index in [-0.39, 0.29) is 0 Å². The van der Waals surface area contributed by atoms with Crippen LogP contribution in [0.25, 0.3) is 0 Å². The van der Waals surface area contributed by atoms with Crippen LogP contribution in [0.4, 0.5) is 12.6 Å². The van der Waals surface area contributed by atoms with Gasteiger partial charge in [-0.15, -0.1) is 0 Å². The highest BCUT2D eigenvalue weighted by atomic mass is 31.3. The summed E-state index contributed by atoms with van der Waals surface area (Å²) in [7, 11) is -1.92. The van der Waals surface area contributed by atoms with Crippen molar-refractivity contribution >= 4 is 15.6 Å². The van der Waals surface area contributed by atoms with Crippen molar-refractivity contribution in [1.29, 1.82) is 0 Å². The maximum absolute atomic E-state index is 10.2. The first-order valence-corrected chi connectivity index (χ1v) is 2.30. The summed E-state index contributed by atoms with van der Waals surface area (Å²) >= 11 is 0. The molecule has 0 aliphatic heterocycles. The second-order valence-electron chi connectivity index (χ2n) is 0.484. The highest BCUT2D eigenvalue weighted by Crippen LogP contribution is 2.59. The molecule has 0 amide bonds. The minimum atomic E-state index is -5.39. The van der Waals surface area contributed by atoms with Gasteiger partial charge in [0.05, 0.1) is 0 Å². The zero-order valence-electron chi connectivity index (χ0n) is 2.16. The van der Waals surface area contributed by atoms with E-state index in [0.717, 1.165) is 0 Å². The number of halogens is 3. The second kappa shape index (κ2) is 1.17. The van der Waals surface area contributed by atoms with Gasteiger partial charge in [0.2, 0.25) is 0 Å². The molecule has 2 radical (unpaired) electrons. The largest absolute Gasteiger partial charge is 0.513 e. The van der Waals surface area contributed by atoms with Gasteiger partial charge in [-0.25, -0.2) is 0 Å². The Morgan fingerprint density at radius 2 is 1.20 bits per heavy atom. The Morgan fingerprint density at radius 3 is 1.20 bits per heavy atom. The van der Waals surface area contributed by atoms with E-state index in [1.54, 1.807) is 0 Å². The minimum absolute atomic E-state index is 3.47. The normalized spacial score (nSPS) is 11.8. The highest BCUT2D eigenvalue weighted by Gasteiger charge is 2.33. The highest BCUT2D eigenvalue weighted by molar-refractivity contribution is 7.84. The summed E-state index contributed by atoms with van der Waals surface area (Å²) in [6.07, 6.45) is 0. The Hall–Kier alpha value is 0.285. The first kappa shape index (κ1) is 5.28. The van der Waals surface area contributed by atoms with E-state index >= 15 is 0 Å². The SMILES string of the molecule is [B][P+](F)(F)F. The van der Waals surface area contributed by atoms with Crippen LogP contribution in [0.1, 0.15) is 0 Å². The lowest BCUT2D eigenvalue weighted by Gasteiger charge is -1.71. The van der Waals surface area contributed by atoms with Crippen molar-refractivity contribution in [3.05, 3.63) is 0 Å². The van der Waals surface area contributed by atoms with Gasteiger partial charge in [0.1, 0.15) is 0 Å². The summed E-state index contributed by atoms with van der Waals surface area (Å²) in [6, 6.07) is 0. The number of hydrogen-bond acceptors (Lipinski definition) is 0. The zero-order valence-corrected chi connectivity index (χ0v) is 3.05. The molecule has 0 aliphatic rings. The van der Waals surface area contributed by atoms with Gasteiger partial charge in [-0.2, -0.15) is 0 Å². The fourth-order valence-electron chi connectivity index (χ4n) is 0. The molecule has 0 aromatic heterocycles. The predicted octanol–water partition coefficient (Wildman–Crippen LogP) is 1.74. The molecule has 0 fully saturated rings. The third-order valence-corrected chi connectivity index (χ3v) is 0. The Bertz CT molecular complexity index is 22.4. The molecule has 0 N–H and O–H groups in total. The van der Waals surface area contributed by atoms with Crippen molar-refractivity contribution in [3.8, 4) is 0 Å². The fraction of sp³-hybridized carbons (Fsp3) is 0. The Balaban J connectivity index is 3.02. The summed E-state index contributed by atoms with van der Waals surface area (Å²) in [6.45, 7) is 0. The van der Waals surface area contributed by atoms with Gasteiger partial charge in [-0.1, -0.05) is 0 Å². The predicted molar refractivity (Wildman–Crippen MR) is 16.0 cm³/mol. The quantitative estimate of drug-likeness (QED) is 0.320. The molecule has 28 valence electrons. The minimum Gasteiger partial charge on any atom is -0.00471 e. The summed E-state index contributed by atoms with van der Waals surface area (Å²) < 4.78 is 30.7. The van der Waals surface area contributed by atoms with Gasteiger partial charge in [0.25, 0.3) is 0 Å². The molecule has 5 heavy (non-hydrogen) atoms. The Labute approximate surface area is 29.4 Å². The van der Waals surface area contributed by atoms with E-state index < -0.39 is 8.07 Å². The smallest absolute Gasteiger partial charge is 0.00471 e. The third-order valence-electron chi connectivity index (χ3n) is 0. The van der Waals surface area contributed by atoms with Gasteiger partial charge in [-0.3, -0.25) is 0 Å².